The number of para-hydroxylation sites is 2. The lowest BCUT2D eigenvalue weighted by molar-refractivity contribution is 0.319. The Bertz CT molecular complexity index is 779. The number of thioether (sulfide) groups is 1. The predicted molar refractivity (Wildman–Crippen MR) is 122 cm³/mol. The van der Waals surface area contributed by atoms with Gasteiger partial charge in [-0.25, -0.2) is 9.98 Å². The number of ether oxygens (including phenoxy) is 2. The molecule has 0 aliphatic heterocycles. The third-order valence-corrected chi connectivity index (χ3v) is 5.41. The van der Waals surface area contributed by atoms with Crippen molar-refractivity contribution in [1.82, 2.24) is 15.6 Å². The van der Waals surface area contributed by atoms with E-state index in [4.69, 9.17) is 9.47 Å². The van der Waals surface area contributed by atoms with Gasteiger partial charge < -0.3 is 20.1 Å². The molecule has 0 aliphatic rings. The summed E-state index contributed by atoms with van der Waals surface area (Å²) in [6.45, 7) is 11.2. The van der Waals surface area contributed by atoms with E-state index in [0.29, 0.717) is 30.5 Å². The summed E-state index contributed by atoms with van der Waals surface area (Å²) in [5.41, 5.74) is 1.01. The van der Waals surface area contributed by atoms with Gasteiger partial charge in [0.05, 0.1) is 13.2 Å². The van der Waals surface area contributed by atoms with Crippen molar-refractivity contribution in [3.63, 3.8) is 0 Å². The van der Waals surface area contributed by atoms with Crippen molar-refractivity contribution in [3.8, 4) is 17.4 Å². The van der Waals surface area contributed by atoms with E-state index in [1.54, 1.807) is 6.20 Å². The molecular weight excluding hydrogens is 384 g/mol. The lowest BCUT2D eigenvalue weighted by Crippen LogP contribution is -2.43. The Kier molecular flexibility index (Phi) is 9.12. The largest absolute Gasteiger partial charge is 0.490 e. The number of guanidine groups is 1. The maximum absolute atomic E-state index is 5.87. The highest BCUT2D eigenvalue weighted by Crippen LogP contribution is 2.30. The lowest BCUT2D eigenvalue weighted by atomic mass is 10.2. The number of benzene rings is 1. The fourth-order valence-corrected chi connectivity index (χ4v) is 2.58. The maximum Gasteiger partial charge on any atom is 0.219 e. The first-order valence-corrected chi connectivity index (χ1v) is 11.1. The Morgan fingerprint density at radius 1 is 1.10 bits per heavy atom. The van der Waals surface area contributed by atoms with Gasteiger partial charge in [0.25, 0.3) is 0 Å². The molecule has 0 saturated carbocycles. The molecule has 2 rings (SSSR count). The van der Waals surface area contributed by atoms with E-state index in [1.807, 2.05) is 55.1 Å². The van der Waals surface area contributed by atoms with Gasteiger partial charge in [-0.2, -0.15) is 11.8 Å². The fraction of sp³-hybridized carbons (Fsp3) is 0.455. The van der Waals surface area contributed by atoms with Crippen LogP contribution in [0.2, 0.25) is 0 Å². The Balaban J connectivity index is 1.99. The summed E-state index contributed by atoms with van der Waals surface area (Å²) in [6, 6.07) is 11.4. The van der Waals surface area contributed by atoms with Crippen molar-refractivity contribution in [2.45, 2.75) is 39.0 Å². The summed E-state index contributed by atoms with van der Waals surface area (Å²) in [6.07, 6.45) is 3.91. The monoisotopic (exact) mass is 416 g/mol. The van der Waals surface area contributed by atoms with E-state index in [1.165, 1.54) is 0 Å². The standard InChI is InChI=1S/C22H32N4O2S/c1-6-23-21(26-16-22(3,4)29-5)25-15-17-12-13-20(24-14-17)28-19-11-9-8-10-18(19)27-7-2/h8-14H,6-7,15-16H2,1-5H3,(H2,23,25,26). The van der Waals surface area contributed by atoms with E-state index in [0.717, 1.165) is 24.6 Å². The van der Waals surface area contributed by atoms with Crippen LogP contribution >= 0.6 is 11.8 Å². The molecule has 0 fully saturated rings. The Morgan fingerprint density at radius 3 is 2.48 bits per heavy atom. The van der Waals surface area contributed by atoms with Gasteiger partial charge in [-0.05, 0) is 51.6 Å². The van der Waals surface area contributed by atoms with Gasteiger partial charge in [-0.15, -0.1) is 0 Å². The molecule has 1 heterocycles. The van der Waals surface area contributed by atoms with Gasteiger partial charge in [0.2, 0.25) is 5.88 Å². The van der Waals surface area contributed by atoms with Crippen LogP contribution in [0.5, 0.6) is 17.4 Å². The summed E-state index contributed by atoms with van der Waals surface area (Å²) in [5.74, 6) is 2.69. The SMILES string of the molecule is CCNC(=NCc1ccc(Oc2ccccc2OCC)nc1)NCC(C)(C)SC. The number of aliphatic imine (C=N–C) groups is 1. The molecule has 0 atom stereocenters. The first kappa shape index (κ1) is 22.9. The minimum atomic E-state index is 0.147. The fourth-order valence-electron chi connectivity index (χ4n) is 2.37. The molecule has 1 aromatic carbocycles. The van der Waals surface area contributed by atoms with Gasteiger partial charge in [-0.1, -0.05) is 18.2 Å². The molecular formula is C22H32N4O2S. The first-order valence-electron chi connectivity index (χ1n) is 9.89. The van der Waals surface area contributed by atoms with Gasteiger partial charge in [-0.3, -0.25) is 0 Å². The average molecular weight is 417 g/mol. The third kappa shape index (κ3) is 7.85. The molecule has 29 heavy (non-hydrogen) atoms. The van der Waals surface area contributed by atoms with Crippen LogP contribution in [0.1, 0.15) is 33.3 Å². The van der Waals surface area contributed by atoms with Gasteiger partial charge >= 0.3 is 0 Å². The molecule has 1 aromatic heterocycles. The Labute approximate surface area is 178 Å². The van der Waals surface area contributed by atoms with Crippen LogP contribution in [0.3, 0.4) is 0 Å². The molecule has 0 radical (unpaired) electrons. The highest BCUT2D eigenvalue weighted by molar-refractivity contribution is 7.99. The zero-order valence-electron chi connectivity index (χ0n) is 18.0. The molecule has 0 bridgehead atoms. The number of nitrogens with one attached hydrogen (secondary N) is 2. The van der Waals surface area contributed by atoms with Gasteiger partial charge in [0.15, 0.2) is 17.5 Å². The average Bonchev–Trinajstić information content (AvgIpc) is 2.73. The van der Waals surface area contributed by atoms with Crippen molar-refractivity contribution in [3.05, 3.63) is 48.2 Å². The molecule has 2 aromatic rings. The van der Waals surface area contributed by atoms with Crippen molar-refractivity contribution in [1.29, 1.82) is 0 Å². The molecule has 0 aliphatic carbocycles. The van der Waals surface area contributed by atoms with Crippen LogP contribution in [0, 0.1) is 0 Å². The molecule has 0 unspecified atom stereocenters. The summed E-state index contributed by atoms with van der Waals surface area (Å²) < 4.78 is 11.6. The zero-order chi connectivity index (χ0) is 21.1. The minimum Gasteiger partial charge on any atom is -0.490 e. The molecule has 6 nitrogen and oxygen atoms in total. The van der Waals surface area contributed by atoms with E-state index in [2.05, 4.69) is 47.6 Å². The second-order valence-corrected chi connectivity index (χ2v) is 8.51. The number of nitrogens with zero attached hydrogens (tertiary/aromatic N) is 2. The summed E-state index contributed by atoms with van der Waals surface area (Å²) >= 11 is 1.83. The third-order valence-electron chi connectivity index (χ3n) is 4.16. The van der Waals surface area contributed by atoms with Gasteiger partial charge in [0.1, 0.15) is 0 Å². The molecule has 0 spiro atoms. The maximum atomic E-state index is 5.87. The molecule has 158 valence electrons. The summed E-state index contributed by atoms with van der Waals surface area (Å²) in [4.78, 5) is 9.06. The van der Waals surface area contributed by atoms with Crippen molar-refractivity contribution >= 4 is 17.7 Å². The molecule has 7 heteroatoms. The van der Waals surface area contributed by atoms with Crippen LogP contribution in [0.15, 0.2) is 47.6 Å². The molecule has 0 saturated heterocycles. The number of pyridine rings is 1. The minimum absolute atomic E-state index is 0.147. The lowest BCUT2D eigenvalue weighted by Gasteiger charge is -2.23. The number of rotatable bonds is 10. The van der Waals surface area contributed by atoms with Crippen LogP contribution in [-0.2, 0) is 6.54 Å². The summed E-state index contributed by atoms with van der Waals surface area (Å²) in [5, 5.41) is 6.69. The number of aromatic nitrogens is 1. The predicted octanol–water partition coefficient (Wildman–Crippen LogP) is 4.47. The number of hydrogen-bond acceptors (Lipinski definition) is 5. The highest BCUT2D eigenvalue weighted by atomic mass is 32.2. The van der Waals surface area contributed by atoms with E-state index < -0.39 is 0 Å². The number of hydrogen-bond donors (Lipinski definition) is 2. The normalized spacial score (nSPS) is 11.8. The quantitative estimate of drug-likeness (QED) is 0.440. The first-order chi connectivity index (χ1) is 14.0. The van der Waals surface area contributed by atoms with Crippen LogP contribution in [0.4, 0.5) is 0 Å². The zero-order valence-corrected chi connectivity index (χ0v) is 18.8. The van der Waals surface area contributed by atoms with Crippen LogP contribution < -0.4 is 20.1 Å². The Hall–Kier alpha value is -2.41. The van der Waals surface area contributed by atoms with Crippen LogP contribution in [0.25, 0.3) is 0 Å². The summed E-state index contributed by atoms with van der Waals surface area (Å²) in [7, 11) is 0. The van der Waals surface area contributed by atoms with Crippen molar-refractivity contribution in [2.24, 2.45) is 4.99 Å². The smallest absolute Gasteiger partial charge is 0.219 e. The van der Waals surface area contributed by atoms with E-state index in [-0.39, 0.29) is 4.75 Å². The second kappa shape index (κ2) is 11.6. The highest BCUT2D eigenvalue weighted by Gasteiger charge is 2.16. The van der Waals surface area contributed by atoms with Crippen molar-refractivity contribution in [2.75, 3.05) is 26.0 Å². The van der Waals surface area contributed by atoms with Crippen molar-refractivity contribution < 1.29 is 9.47 Å². The van der Waals surface area contributed by atoms with Gasteiger partial charge in [0, 0.05) is 30.1 Å². The second-order valence-electron chi connectivity index (χ2n) is 7.00. The van der Waals surface area contributed by atoms with E-state index >= 15 is 0 Å². The van der Waals surface area contributed by atoms with Crippen LogP contribution in [-0.4, -0.2) is 41.6 Å². The van der Waals surface area contributed by atoms with E-state index in [9.17, 15) is 0 Å². The molecule has 2 N–H and O–H groups in total. The molecule has 0 amide bonds. The Morgan fingerprint density at radius 2 is 1.86 bits per heavy atom. The topological polar surface area (TPSA) is 67.8 Å².